The highest BCUT2D eigenvalue weighted by atomic mass is 16.4. The molecular weight excluding hydrogens is 280 g/mol. The molecule has 0 amide bonds. The molecule has 0 aromatic heterocycles. The fraction of sp³-hybridized carbons (Fsp3) is 0.222. The van der Waals surface area contributed by atoms with E-state index in [0.717, 1.165) is 11.1 Å². The molecule has 2 N–H and O–H groups in total. The molecule has 2 aromatic rings. The van der Waals surface area contributed by atoms with Crippen LogP contribution in [0.2, 0.25) is 0 Å². The standard InChI is InChI=1S/C18H18O4/c19-17(20)15(11-13-7-3-1-4-8-13)16(18(21)22)12-14-9-5-2-6-10-14/h1-10,15-16H,11-12H2,(H,19,20)(H,21,22)/t15-,16-/m0/s1. The molecule has 4 nitrogen and oxygen atoms in total. The summed E-state index contributed by atoms with van der Waals surface area (Å²) in [6.45, 7) is 0. The van der Waals surface area contributed by atoms with Gasteiger partial charge in [-0.05, 0) is 24.0 Å². The Hall–Kier alpha value is -2.62. The molecule has 2 rings (SSSR count). The number of benzene rings is 2. The van der Waals surface area contributed by atoms with Crippen LogP contribution in [0.25, 0.3) is 0 Å². The SMILES string of the molecule is O=C(O)[C@@H](Cc1ccccc1)[C@H](Cc1ccccc1)C(=O)O. The van der Waals surface area contributed by atoms with E-state index in [1.807, 2.05) is 60.7 Å². The van der Waals surface area contributed by atoms with E-state index < -0.39 is 23.8 Å². The van der Waals surface area contributed by atoms with Gasteiger partial charge in [0.05, 0.1) is 11.8 Å². The first-order valence-electron chi connectivity index (χ1n) is 7.11. The first-order chi connectivity index (χ1) is 10.6. The van der Waals surface area contributed by atoms with Crippen molar-refractivity contribution < 1.29 is 19.8 Å². The minimum atomic E-state index is -1.08. The lowest BCUT2D eigenvalue weighted by molar-refractivity contribution is -0.153. The number of aliphatic carboxylic acids is 2. The highest BCUT2D eigenvalue weighted by Gasteiger charge is 2.33. The van der Waals surface area contributed by atoms with Crippen molar-refractivity contribution in [3.05, 3.63) is 71.8 Å². The zero-order valence-electron chi connectivity index (χ0n) is 12.1. The maximum Gasteiger partial charge on any atom is 0.307 e. The van der Waals surface area contributed by atoms with Gasteiger partial charge in [-0.15, -0.1) is 0 Å². The van der Waals surface area contributed by atoms with E-state index in [4.69, 9.17) is 0 Å². The largest absolute Gasteiger partial charge is 0.481 e. The molecule has 0 saturated heterocycles. The second-order valence-corrected chi connectivity index (χ2v) is 5.27. The zero-order chi connectivity index (χ0) is 15.9. The number of rotatable bonds is 7. The first-order valence-corrected chi connectivity index (χ1v) is 7.11. The van der Waals surface area contributed by atoms with Gasteiger partial charge in [-0.2, -0.15) is 0 Å². The molecule has 0 saturated carbocycles. The summed E-state index contributed by atoms with van der Waals surface area (Å²) in [5.41, 5.74) is 1.66. The Morgan fingerprint density at radius 2 is 1.00 bits per heavy atom. The number of carbonyl (C=O) groups is 2. The molecular formula is C18H18O4. The van der Waals surface area contributed by atoms with Crippen LogP contribution in [-0.2, 0) is 22.4 Å². The third-order valence-electron chi connectivity index (χ3n) is 3.72. The molecule has 22 heavy (non-hydrogen) atoms. The third kappa shape index (κ3) is 4.19. The van der Waals surface area contributed by atoms with Gasteiger partial charge in [0.25, 0.3) is 0 Å². The quantitative estimate of drug-likeness (QED) is 0.824. The number of hydrogen-bond donors (Lipinski definition) is 2. The van der Waals surface area contributed by atoms with Crippen molar-refractivity contribution >= 4 is 11.9 Å². The average molecular weight is 298 g/mol. The van der Waals surface area contributed by atoms with Gasteiger partial charge in [-0.3, -0.25) is 9.59 Å². The van der Waals surface area contributed by atoms with Gasteiger partial charge in [0.15, 0.2) is 0 Å². The Morgan fingerprint density at radius 3 is 1.27 bits per heavy atom. The Morgan fingerprint density at radius 1 is 0.682 bits per heavy atom. The van der Waals surface area contributed by atoms with E-state index in [9.17, 15) is 19.8 Å². The van der Waals surface area contributed by atoms with Crippen molar-refractivity contribution in [1.82, 2.24) is 0 Å². The van der Waals surface area contributed by atoms with Crippen molar-refractivity contribution in [2.75, 3.05) is 0 Å². The van der Waals surface area contributed by atoms with Crippen LogP contribution in [0.3, 0.4) is 0 Å². The summed E-state index contributed by atoms with van der Waals surface area (Å²) in [6, 6.07) is 18.2. The summed E-state index contributed by atoms with van der Waals surface area (Å²) >= 11 is 0. The summed E-state index contributed by atoms with van der Waals surface area (Å²) in [4.78, 5) is 23.2. The minimum Gasteiger partial charge on any atom is -0.481 e. The minimum absolute atomic E-state index is 0.208. The molecule has 114 valence electrons. The van der Waals surface area contributed by atoms with Gasteiger partial charge < -0.3 is 10.2 Å². The van der Waals surface area contributed by atoms with Crippen LogP contribution in [0.15, 0.2) is 60.7 Å². The molecule has 0 radical (unpaired) electrons. The lowest BCUT2D eigenvalue weighted by atomic mass is 9.83. The fourth-order valence-corrected chi connectivity index (χ4v) is 2.54. The van der Waals surface area contributed by atoms with Gasteiger partial charge in [-0.1, -0.05) is 60.7 Å². The molecule has 2 aromatic carbocycles. The first kappa shape index (κ1) is 15.8. The van der Waals surface area contributed by atoms with E-state index in [1.54, 1.807) is 0 Å². The van der Waals surface area contributed by atoms with Crippen LogP contribution in [0.5, 0.6) is 0 Å². The van der Waals surface area contributed by atoms with Crippen molar-refractivity contribution in [3.63, 3.8) is 0 Å². The predicted molar refractivity (Wildman–Crippen MR) is 82.5 cm³/mol. The molecule has 4 heteroatoms. The predicted octanol–water partition coefficient (Wildman–Crippen LogP) is 2.87. The highest BCUT2D eigenvalue weighted by Crippen LogP contribution is 2.23. The molecule has 0 spiro atoms. The molecule has 0 bridgehead atoms. The van der Waals surface area contributed by atoms with E-state index in [1.165, 1.54) is 0 Å². The van der Waals surface area contributed by atoms with Crippen LogP contribution in [-0.4, -0.2) is 22.2 Å². The topological polar surface area (TPSA) is 74.6 Å². The Balaban J connectivity index is 2.22. The maximum atomic E-state index is 11.6. The summed E-state index contributed by atoms with van der Waals surface area (Å²) in [6.07, 6.45) is 0.417. The van der Waals surface area contributed by atoms with Gasteiger partial charge in [-0.25, -0.2) is 0 Å². The van der Waals surface area contributed by atoms with Crippen LogP contribution in [0.1, 0.15) is 11.1 Å². The maximum absolute atomic E-state index is 11.6. The highest BCUT2D eigenvalue weighted by molar-refractivity contribution is 5.80. The third-order valence-corrected chi connectivity index (χ3v) is 3.72. The van der Waals surface area contributed by atoms with E-state index in [2.05, 4.69) is 0 Å². The number of carboxylic acid groups (broad SMARTS) is 2. The molecule has 0 heterocycles. The van der Waals surface area contributed by atoms with Crippen molar-refractivity contribution in [1.29, 1.82) is 0 Å². The van der Waals surface area contributed by atoms with Gasteiger partial charge in [0.1, 0.15) is 0 Å². The molecule has 2 atom stereocenters. The van der Waals surface area contributed by atoms with Crippen LogP contribution < -0.4 is 0 Å². The summed E-state index contributed by atoms with van der Waals surface area (Å²) in [7, 11) is 0. The van der Waals surface area contributed by atoms with E-state index in [0.29, 0.717) is 0 Å². The molecule has 0 aliphatic rings. The average Bonchev–Trinajstić information content (AvgIpc) is 2.52. The van der Waals surface area contributed by atoms with Gasteiger partial charge in [0, 0.05) is 0 Å². The normalized spacial score (nSPS) is 13.3. The lowest BCUT2D eigenvalue weighted by Crippen LogP contribution is -2.33. The summed E-state index contributed by atoms with van der Waals surface area (Å²) < 4.78 is 0. The second kappa shape index (κ2) is 7.41. The Labute approximate surface area is 129 Å². The van der Waals surface area contributed by atoms with Crippen LogP contribution >= 0.6 is 0 Å². The van der Waals surface area contributed by atoms with Crippen LogP contribution in [0, 0.1) is 11.8 Å². The molecule has 0 aliphatic heterocycles. The monoisotopic (exact) mass is 298 g/mol. The summed E-state index contributed by atoms with van der Waals surface area (Å²) in [5, 5.41) is 18.9. The smallest absolute Gasteiger partial charge is 0.307 e. The molecule has 0 fully saturated rings. The van der Waals surface area contributed by atoms with Crippen molar-refractivity contribution in [2.45, 2.75) is 12.8 Å². The Kier molecular flexibility index (Phi) is 5.31. The van der Waals surface area contributed by atoms with Gasteiger partial charge >= 0.3 is 11.9 Å². The van der Waals surface area contributed by atoms with Crippen molar-refractivity contribution in [2.24, 2.45) is 11.8 Å². The zero-order valence-corrected chi connectivity index (χ0v) is 12.1. The van der Waals surface area contributed by atoms with Gasteiger partial charge in [0.2, 0.25) is 0 Å². The number of hydrogen-bond acceptors (Lipinski definition) is 2. The van der Waals surface area contributed by atoms with Crippen LogP contribution in [0.4, 0.5) is 0 Å². The molecule has 0 aliphatic carbocycles. The van der Waals surface area contributed by atoms with E-state index in [-0.39, 0.29) is 12.8 Å². The number of carboxylic acids is 2. The Bertz CT molecular complexity index is 565. The summed E-state index contributed by atoms with van der Waals surface area (Å²) in [5.74, 6) is -4.07. The van der Waals surface area contributed by atoms with E-state index >= 15 is 0 Å². The molecule has 0 unspecified atom stereocenters. The second-order valence-electron chi connectivity index (χ2n) is 5.27. The lowest BCUT2D eigenvalue weighted by Gasteiger charge is -2.20. The fourth-order valence-electron chi connectivity index (χ4n) is 2.54. The van der Waals surface area contributed by atoms with Crippen molar-refractivity contribution in [3.8, 4) is 0 Å².